The SMILES string of the molecule is O=C(NCc1ccc2c(c1)OCO2)c1nc(-c2ccnc(N3CCCC3)c2)no1. The zero-order valence-electron chi connectivity index (χ0n) is 15.6. The van der Waals surface area contributed by atoms with Gasteiger partial charge in [-0.05, 0) is 42.7 Å². The number of nitrogens with zero attached hydrogens (tertiary/aromatic N) is 4. The van der Waals surface area contributed by atoms with Crippen molar-refractivity contribution in [3.8, 4) is 22.9 Å². The average Bonchev–Trinajstić information content (AvgIpc) is 3.53. The standard InChI is InChI=1S/C20H19N5O4/c26-19(22-11-13-3-4-15-16(9-13)28-12-27-15)20-23-18(24-29-20)14-5-6-21-17(10-14)25-7-1-2-8-25/h3-6,9-10H,1-2,7-8,11-12H2,(H,22,26). The van der Waals surface area contributed by atoms with E-state index in [1.807, 2.05) is 24.3 Å². The lowest BCUT2D eigenvalue weighted by atomic mass is 10.2. The van der Waals surface area contributed by atoms with Crippen LogP contribution in [-0.4, -0.2) is 40.9 Å². The largest absolute Gasteiger partial charge is 0.454 e. The van der Waals surface area contributed by atoms with Gasteiger partial charge in [0.15, 0.2) is 11.5 Å². The van der Waals surface area contributed by atoms with Gasteiger partial charge in [0.05, 0.1) is 0 Å². The molecule has 0 radical (unpaired) electrons. The van der Waals surface area contributed by atoms with Gasteiger partial charge in [-0.15, -0.1) is 0 Å². The molecule has 4 heterocycles. The van der Waals surface area contributed by atoms with Crippen molar-refractivity contribution in [2.24, 2.45) is 0 Å². The third kappa shape index (κ3) is 3.58. The summed E-state index contributed by atoms with van der Waals surface area (Å²) < 4.78 is 15.8. The summed E-state index contributed by atoms with van der Waals surface area (Å²) in [6.45, 7) is 2.51. The van der Waals surface area contributed by atoms with E-state index in [0.29, 0.717) is 23.9 Å². The van der Waals surface area contributed by atoms with Crippen LogP contribution in [0.1, 0.15) is 29.1 Å². The highest BCUT2D eigenvalue weighted by molar-refractivity contribution is 5.89. The van der Waals surface area contributed by atoms with Crippen molar-refractivity contribution in [2.75, 3.05) is 24.8 Å². The highest BCUT2D eigenvalue weighted by Gasteiger charge is 2.19. The van der Waals surface area contributed by atoms with E-state index in [-0.39, 0.29) is 12.7 Å². The van der Waals surface area contributed by atoms with E-state index in [2.05, 4.69) is 25.3 Å². The van der Waals surface area contributed by atoms with Gasteiger partial charge in [-0.25, -0.2) is 4.98 Å². The first-order chi connectivity index (χ1) is 14.3. The summed E-state index contributed by atoms with van der Waals surface area (Å²) in [5.41, 5.74) is 1.65. The molecule has 0 atom stereocenters. The summed E-state index contributed by atoms with van der Waals surface area (Å²) in [7, 11) is 0. The van der Waals surface area contributed by atoms with Crippen molar-refractivity contribution in [3.05, 3.63) is 48.0 Å². The van der Waals surface area contributed by atoms with Gasteiger partial charge < -0.3 is 24.2 Å². The van der Waals surface area contributed by atoms with Crippen LogP contribution in [0.2, 0.25) is 0 Å². The summed E-state index contributed by atoms with van der Waals surface area (Å²) in [5, 5.41) is 6.72. The fourth-order valence-corrected chi connectivity index (χ4v) is 3.42. The summed E-state index contributed by atoms with van der Waals surface area (Å²) >= 11 is 0. The van der Waals surface area contributed by atoms with E-state index in [1.54, 1.807) is 12.3 Å². The second kappa shape index (κ2) is 7.42. The lowest BCUT2D eigenvalue weighted by molar-refractivity contribution is 0.0907. The first kappa shape index (κ1) is 17.5. The third-order valence-electron chi connectivity index (χ3n) is 4.94. The number of benzene rings is 1. The van der Waals surface area contributed by atoms with Crippen molar-refractivity contribution < 1.29 is 18.8 Å². The predicted octanol–water partition coefficient (Wildman–Crippen LogP) is 2.39. The number of hydrogen-bond acceptors (Lipinski definition) is 8. The van der Waals surface area contributed by atoms with Crippen LogP contribution in [0.15, 0.2) is 41.1 Å². The highest BCUT2D eigenvalue weighted by atomic mass is 16.7. The third-order valence-corrected chi connectivity index (χ3v) is 4.94. The Balaban J connectivity index is 1.26. The molecule has 0 spiro atoms. The number of hydrogen-bond donors (Lipinski definition) is 1. The summed E-state index contributed by atoms with van der Waals surface area (Å²) in [4.78, 5) is 23.3. The van der Waals surface area contributed by atoms with Crippen LogP contribution in [0.3, 0.4) is 0 Å². The topological polar surface area (TPSA) is 103 Å². The van der Waals surface area contributed by atoms with Crippen molar-refractivity contribution >= 4 is 11.7 Å². The van der Waals surface area contributed by atoms with E-state index in [9.17, 15) is 4.79 Å². The molecule has 9 nitrogen and oxygen atoms in total. The molecule has 5 rings (SSSR count). The minimum Gasteiger partial charge on any atom is -0.454 e. The van der Waals surface area contributed by atoms with Crippen LogP contribution in [-0.2, 0) is 6.54 Å². The Bertz CT molecular complexity index is 1040. The van der Waals surface area contributed by atoms with Crippen LogP contribution in [0.4, 0.5) is 5.82 Å². The molecule has 1 fully saturated rings. The Morgan fingerprint density at radius 3 is 2.86 bits per heavy atom. The number of aromatic nitrogens is 3. The lowest BCUT2D eigenvalue weighted by Crippen LogP contribution is -2.23. The molecule has 0 bridgehead atoms. The molecule has 0 aliphatic carbocycles. The first-order valence-electron chi connectivity index (χ1n) is 9.48. The minimum atomic E-state index is -0.435. The highest BCUT2D eigenvalue weighted by Crippen LogP contribution is 2.32. The van der Waals surface area contributed by atoms with Gasteiger partial charge in [-0.1, -0.05) is 11.2 Å². The summed E-state index contributed by atoms with van der Waals surface area (Å²) in [5.74, 6) is 2.10. The molecule has 2 aromatic heterocycles. The molecule has 1 saturated heterocycles. The van der Waals surface area contributed by atoms with E-state index >= 15 is 0 Å². The molecule has 2 aliphatic heterocycles. The van der Waals surface area contributed by atoms with Gasteiger partial charge >= 0.3 is 11.8 Å². The number of pyridine rings is 1. The Kier molecular flexibility index (Phi) is 4.47. The molecule has 0 saturated carbocycles. The van der Waals surface area contributed by atoms with Crippen LogP contribution in [0, 0.1) is 0 Å². The maximum absolute atomic E-state index is 12.4. The van der Waals surface area contributed by atoms with Crippen molar-refractivity contribution in [3.63, 3.8) is 0 Å². The van der Waals surface area contributed by atoms with E-state index in [1.165, 1.54) is 12.8 Å². The molecule has 3 aromatic rings. The second-order valence-electron chi connectivity index (χ2n) is 6.89. The molecular formula is C20H19N5O4. The van der Waals surface area contributed by atoms with Gasteiger partial charge in [0.25, 0.3) is 0 Å². The molecule has 1 amide bonds. The maximum atomic E-state index is 12.4. The number of anilines is 1. The van der Waals surface area contributed by atoms with Crippen LogP contribution in [0.25, 0.3) is 11.4 Å². The molecule has 148 valence electrons. The Labute approximate surface area is 166 Å². The van der Waals surface area contributed by atoms with Crippen molar-refractivity contribution in [1.29, 1.82) is 0 Å². The first-order valence-corrected chi connectivity index (χ1v) is 9.48. The zero-order valence-corrected chi connectivity index (χ0v) is 15.6. The van der Waals surface area contributed by atoms with Gasteiger partial charge in [0.1, 0.15) is 5.82 Å². The normalized spacial score (nSPS) is 15.0. The van der Waals surface area contributed by atoms with Gasteiger partial charge in [0, 0.05) is 31.4 Å². The number of carbonyl (C=O) groups is 1. The van der Waals surface area contributed by atoms with Gasteiger partial charge in [-0.2, -0.15) is 4.98 Å². The van der Waals surface area contributed by atoms with Crippen LogP contribution >= 0.6 is 0 Å². The van der Waals surface area contributed by atoms with Crippen LogP contribution in [0.5, 0.6) is 11.5 Å². The van der Waals surface area contributed by atoms with Gasteiger partial charge in [-0.3, -0.25) is 4.79 Å². The molecule has 9 heteroatoms. The molecule has 1 aromatic carbocycles. The molecule has 2 aliphatic rings. The predicted molar refractivity (Wildman–Crippen MR) is 103 cm³/mol. The average molecular weight is 393 g/mol. The number of nitrogens with one attached hydrogen (secondary N) is 1. The van der Waals surface area contributed by atoms with Crippen molar-refractivity contribution in [1.82, 2.24) is 20.4 Å². The summed E-state index contributed by atoms with van der Waals surface area (Å²) in [6.07, 6.45) is 4.06. The second-order valence-corrected chi connectivity index (χ2v) is 6.89. The van der Waals surface area contributed by atoms with Crippen molar-refractivity contribution in [2.45, 2.75) is 19.4 Å². The molecule has 0 unspecified atom stereocenters. The smallest absolute Gasteiger partial charge is 0.316 e. The number of carbonyl (C=O) groups excluding carboxylic acids is 1. The molecule has 29 heavy (non-hydrogen) atoms. The molecule has 1 N–H and O–H groups in total. The van der Waals surface area contributed by atoms with E-state index in [0.717, 1.165) is 30.0 Å². The lowest BCUT2D eigenvalue weighted by Gasteiger charge is -2.16. The Hall–Kier alpha value is -3.62. The maximum Gasteiger partial charge on any atom is 0.316 e. The number of fused-ring (bicyclic) bond motifs is 1. The monoisotopic (exact) mass is 393 g/mol. The fourth-order valence-electron chi connectivity index (χ4n) is 3.42. The number of amides is 1. The fraction of sp³-hybridized carbons (Fsp3) is 0.300. The summed E-state index contributed by atoms with van der Waals surface area (Å²) in [6, 6.07) is 9.24. The Morgan fingerprint density at radius 2 is 1.97 bits per heavy atom. The minimum absolute atomic E-state index is 0.0831. The van der Waals surface area contributed by atoms with Crippen LogP contribution < -0.4 is 19.7 Å². The number of rotatable bonds is 5. The van der Waals surface area contributed by atoms with E-state index < -0.39 is 5.91 Å². The molecular weight excluding hydrogens is 374 g/mol. The quantitative estimate of drug-likeness (QED) is 0.705. The van der Waals surface area contributed by atoms with E-state index in [4.69, 9.17) is 14.0 Å². The Morgan fingerprint density at radius 1 is 1.10 bits per heavy atom. The number of ether oxygens (including phenoxy) is 2. The zero-order chi connectivity index (χ0) is 19.6. The van der Waals surface area contributed by atoms with Gasteiger partial charge in [0.2, 0.25) is 12.6 Å².